The number of aromatic nitrogens is 1. The average Bonchev–Trinajstić information content (AvgIpc) is 2.83. The van der Waals surface area contributed by atoms with Crippen LogP contribution in [0.1, 0.15) is 28.8 Å². The number of rotatable bonds is 8. The molecule has 0 saturated carbocycles. The van der Waals surface area contributed by atoms with Crippen molar-refractivity contribution in [2.75, 3.05) is 39.3 Å². The van der Waals surface area contributed by atoms with Crippen molar-refractivity contribution in [2.24, 2.45) is 0 Å². The van der Waals surface area contributed by atoms with Crippen LogP contribution in [0.4, 0.5) is 5.82 Å². The average molecular weight is 444 g/mol. The highest BCUT2D eigenvalue weighted by Gasteiger charge is 2.22. The Labute approximate surface area is 186 Å². The molecule has 1 aromatic heterocycles. The molecule has 1 fully saturated rings. The van der Waals surface area contributed by atoms with E-state index in [1.807, 2.05) is 0 Å². The molecule has 1 aliphatic heterocycles. The summed E-state index contributed by atoms with van der Waals surface area (Å²) in [5, 5.41) is 11.8. The van der Waals surface area contributed by atoms with E-state index in [1.54, 1.807) is 44.0 Å². The van der Waals surface area contributed by atoms with Gasteiger partial charge in [-0.2, -0.15) is 0 Å². The number of piperidine rings is 1. The van der Waals surface area contributed by atoms with Crippen LogP contribution in [-0.4, -0.2) is 62.5 Å². The fourth-order valence-electron chi connectivity index (χ4n) is 3.73. The Balaban J connectivity index is 1.54. The van der Waals surface area contributed by atoms with Crippen molar-refractivity contribution in [3.63, 3.8) is 0 Å². The van der Waals surface area contributed by atoms with Gasteiger partial charge in [-0.15, -0.1) is 0 Å². The van der Waals surface area contributed by atoms with Crippen molar-refractivity contribution in [2.45, 2.75) is 25.3 Å². The zero-order valence-corrected chi connectivity index (χ0v) is 18.4. The molecule has 2 aromatic rings. The van der Waals surface area contributed by atoms with Gasteiger partial charge in [0.15, 0.2) is 11.5 Å². The number of methoxy groups -OCH3 is 3. The van der Waals surface area contributed by atoms with Crippen LogP contribution in [0.5, 0.6) is 17.2 Å². The normalized spacial score (nSPS) is 13.9. The molecule has 10 heteroatoms. The topological polar surface area (TPSA) is 122 Å². The molecule has 0 aliphatic carbocycles. The first-order valence-electron chi connectivity index (χ1n) is 10.2. The molecule has 1 aliphatic rings. The van der Waals surface area contributed by atoms with Gasteiger partial charge >= 0.3 is 0 Å². The number of carbonyl (C=O) groups is 2. The molecule has 3 N–H and O–H groups in total. The predicted molar refractivity (Wildman–Crippen MR) is 117 cm³/mol. The highest BCUT2D eigenvalue weighted by atomic mass is 16.5. The lowest BCUT2D eigenvalue weighted by atomic mass is 10.0. The first kappa shape index (κ1) is 23.1. The maximum atomic E-state index is 12.6. The Morgan fingerprint density at radius 1 is 1.09 bits per heavy atom. The molecule has 1 aromatic carbocycles. The standard InChI is InChI=1S/C22H28N4O6/c1-30-17-10-14(11-18(31-2)21(17)32-3)12-20(27)24-16-6-8-26(9-7-16)19-5-4-15(13-23-19)22(28)25-29/h4-5,10-11,13,16,29H,6-9,12H2,1-3H3,(H,24,27)(H,25,28). The number of anilines is 1. The maximum Gasteiger partial charge on any atom is 0.276 e. The number of hydrogen-bond acceptors (Lipinski definition) is 8. The van der Waals surface area contributed by atoms with Gasteiger partial charge in [-0.05, 0) is 42.7 Å². The molecule has 0 bridgehead atoms. The quantitative estimate of drug-likeness (QED) is 0.414. The van der Waals surface area contributed by atoms with Crippen LogP contribution in [0, 0.1) is 0 Å². The van der Waals surface area contributed by atoms with Crippen LogP contribution in [0.25, 0.3) is 0 Å². The van der Waals surface area contributed by atoms with Crippen LogP contribution in [-0.2, 0) is 11.2 Å². The van der Waals surface area contributed by atoms with Crippen molar-refractivity contribution < 1.29 is 29.0 Å². The number of carbonyl (C=O) groups excluding carboxylic acids is 2. The molecule has 10 nitrogen and oxygen atoms in total. The lowest BCUT2D eigenvalue weighted by molar-refractivity contribution is -0.121. The Bertz CT molecular complexity index is 917. The summed E-state index contributed by atoms with van der Waals surface area (Å²) in [5.74, 6) is 1.59. The van der Waals surface area contributed by atoms with E-state index in [0.29, 0.717) is 17.2 Å². The molecule has 172 valence electrons. The molecule has 32 heavy (non-hydrogen) atoms. The largest absolute Gasteiger partial charge is 0.493 e. The van der Waals surface area contributed by atoms with Crippen molar-refractivity contribution in [1.29, 1.82) is 0 Å². The summed E-state index contributed by atoms with van der Waals surface area (Å²) >= 11 is 0. The van der Waals surface area contributed by atoms with E-state index in [1.165, 1.54) is 13.3 Å². The number of pyridine rings is 1. The van der Waals surface area contributed by atoms with E-state index in [-0.39, 0.29) is 23.9 Å². The second-order valence-electron chi connectivity index (χ2n) is 7.39. The third-order valence-electron chi connectivity index (χ3n) is 5.38. The summed E-state index contributed by atoms with van der Waals surface area (Å²) < 4.78 is 16.0. The number of hydrogen-bond donors (Lipinski definition) is 3. The monoisotopic (exact) mass is 444 g/mol. The highest BCUT2D eigenvalue weighted by molar-refractivity contribution is 5.93. The molecule has 0 unspecified atom stereocenters. The van der Waals surface area contributed by atoms with Gasteiger partial charge in [0, 0.05) is 25.3 Å². The number of amides is 2. The number of nitrogens with one attached hydrogen (secondary N) is 2. The first-order valence-corrected chi connectivity index (χ1v) is 10.2. The number of benzene rings is 1. The van der Waals surface area contributed by atoms with Crippen LogP contribution >= 0.6 is 0 Å². The second kappa shape index (κ2) is 10.7. The lowest BCUT2D eigenvalue weighted by Crippen LogP contribution is -2.45. The molecule has 2 amide bonds. The van der Waals surface area contributed by atoms with E-state index in [0.717, 1.165) is 37.3 Å². The lowest BCUT2D eigenvalue weighted by Gasteiger charge is -2.33. The van der Waals surface area contributed by atoms with Crippen molar-refractivity contribution in [3.05, 3.63) is 41.6 Å². The zero-order chi connectivity index (χ0) is 23.1. The van der Waals surface area contributed by atoms with E-state index < -0.39 is 5.91 Å². The van der Waals surface area contributed by atoms with E-state index in [2.05, 4.69) is 15.2 Å². The Morgan fingerprint density at radius 3 is 2.25 bits per heavy atom. The van der Waals surface area contributed by atoms with Crippen LogP contribution in [0.3, 0.4) is 0 Å². The molecule has 3 rings (SSSR count). The molecular formula is C22H28N4O6. The minimum Gasteiger partial charge on any atom is -0.493 e. The molecular weight excluding hydrogens is 416 g/mol. The van der Waals surface area contributed by atoms with E-state index in [9.17, 15) is 9.59 Å². The molecule has 0 atom stereocenters. The van der Waals surface area contributed by atoms with Gasteiger partial charge in [0.1, 0.15) is 5.82 Å². The highest BCUT2D eigenvalue weighted by Crippen LogP contribution is 2.38. The first-order chi connectivity index (χ1) is 15.5. The number of ether oxygens (including phenoxy) is 3. The molecule has 0 radical (unpaired) electrons. The summed E-state index contributed by atoms with van der Waals surface area (Å²) in [4.78, 5) is 30.4. The van der Waals surface area contributed by atoms with Gasteiger partial charge in [0.2, 0.25) is 11.7 Å². The van der Waals surface area contributed by atoms with Gasteiger partial charge in [-0.3, -0.25) is 14.8 Å². The van der Waals surface area contributed by atoms with Crippen molar-refractivity contribution in [3.8, 4) is 17.2 Å². The Hall–Kier alpha value is -3.53. The van der Waals surface area contributed by atoms with Crippen LogP contribution < -0.4 is 29.9 Å². The minimum atomic E-state index is -0.599. The number of nitrogens with zero attached hydrogens (tertiary/aromatic N) is 2. The molecule has 2 heterocycles. The van der Waals surface area contributed by atoms with Crippen molar-refractivity contribution >= 4 is 17.6 Å². The van der Waals surface area contributed by atoms with Gasteiger partial charge in [0.05, 0.1) is 33.3 Å². The molecule has 0 spiro atoms. The second-order valence-corrected chi connectivity index (χ2v) is 7.39. The SMILES string of the molecule is COc1cc(CC(=O)NC2CCN(c3ccc(C(=O)NO)cn3)CC2)cc(OC)c1OC. The van der Waals surface area contributed by atoms with Gasteiger partial charge in [-0.1, -0.05) is 0 Å². The van der Waals surface area contributed by atoms with E-state index >= 15 is 0 Å². The summed E-state index contributed by atoms with van der Waals surface area (Å²) in [6.45, 7) is 1.46. The fourth-order valence-corrected chi connectivity index (χ4v) is 3.73. The van der Waals surface area contributed by atoms with Gasteiger partial charge in [0.25, 0.3) is 5.91 Å². The Kier molecular flexibility index (Phi) is 7.72. The van der Waals surface area contributed by atoms with E-state index in [4.69, 9.17) is 19.4 Å². The fraction of sp³-hybridized carbons (Fsp3) is 0.409. The maximum absolute atomic E-state index is 12.6. The summed E-state index contributed by atoms with van der Waals surface area (Å²) in [7, 11) is 4.62. The summed E-state index contributed by atoms with van der Waals surface area (Å²) in [6, 6.07) is 6.97. The third kappa shape index (κ3) is 5.38. The van der Waals surface area contributed by atoms with Crippen molar-refractivity contribution in [1.82, 2.24) is 15.8 Å². The third-order valence-corrected chi connectivity index (χ3v) is 5.38. The smallest absolute Gasteiger partial charge is 0.276 e. The van der Waals surface area contributed by atoms with Crippen LogP contribution in [0.2, 0.25) is 0 Å². The van der Waals surface area contributed by atoms with Gasteiger partial charge in [-0.25, -0.2) is 10.5 Å². The predicted octanol–water partition coefficient (Wildman–Crippen LogP) is 1.55. The number of hydroxylamine groups is 1. The minimum absolute atomic E-state index is 0.0697. The van der Waals surface area contributed by atoms with Gasteiger partial charge < -0.3 is 24.4 Å². The summed E-state index contributed by atoms with van der Waals surface area (Å²) in [5.41, 5.74) is 2.64. The van der Waals surface area contributed by atoms with Crippen LogP contribution in [0.15, 0.2) is 30.5 Å². The zero-order valence-electron chi connectivity index (χ0n) is 18.4. The molecule has 1 saturated heterocycles. The summed E-state index contributed by atoms with van der Waals surface area (Å²) in [6.07, 6.45) is 3.18. The Morgan fingerprint density at radius 2 is 1.75 bits per heavy atom.